The molecule has 0 radical (unpaired) electrons. The zero-order valence-electron chi connectivity index (χ0n) is 16.6. The van der Waals surface area contributed by atoms with Gasteiger partial charge in [0.05, 0.1) is 19.1 Å². The lowest BCUT2D eigenvalue weighted by atomic mass is 10.1. The third-order valence-corrected chi connectivity index (χ3v) is 5.36. The molecular weight excluding hydrogens is 392 g/mol. The molecule has 2 aromatic rings. The van der Waals surface area contributed by atoms with E-state index in [4.69, 9.17) is 9.47 Å². The second-order valence-corrected chi connectivity index (χ2v) is 7.33. The first-order chi connectivity index (χ1) is 13.9. The number of aliphatic imine (C=N–C) groups is 1. The fourth-order valence-electron chi connectivity index (χ4n) is 2.85. The summed E-state index contributed by atoms with van der Waals surface area (Å²) < 4.78 is 10.3. The first kappa shape index (κ1) is 20.6. The van der Waals surface area contributed by atoms with Gasteiger partial charge >= 0.3 is 0 Å². The maximum atomic E-state index is 12.8. The van der Waals surface area contributed by atoms with E-state index in [1.807, 2.05) is 19.9 Å². The van der Waals surface area contributed by atoms with Crippen LogP contribution in [-0.2, 0) is 4.79 Å². The molecule has 0 atom stereocenters. The molecule has 152 valence electrons. The minimum atomic E-state index is -0.186. The van der Waals surface area contributed by atoms with Crippen LogP contribution in [0, 0.1) is 6.92 Å². The number of nitrogens with zero attached hydrogens (tertiary/aromatic N) is 2. The summed E-state index contributed by atoms with van der Waals surface area (Å²) in [6.07, 6.45) is 1.69. The second kappa shape index (κ2) is 8.48. The predicted molar refractivity (Wildman–Crippen MR) is 114 cm³/mol. The molecule has 0 spiro atoms. The summed E-state index contributed by atoms with van der Waals surface area (Å²) in [5.41, 5.74) is 1.96. The topological polar surface area (TPSA) is 91.6 Å². The van der Waals surface area contributed by atoms with Gasteiger partial charge in [-0.15, -0.1) is 0 Å². The van der Waals surface area contributed by atoms with Crippen LogP contribution in [0.15, 0.2) is 40.2 Å². The van der Waals surface area contributed by atoms with Crippen LogP contribution < -0.4 is 9.47 Å². The van der Waals surface area contributed by atoms with E-state index in [-0.39, 0.29) is 28.9 Å². The number of aromatic hydroxyl groups is 2. The average Bonchev–Trinajstić information content (AvgIpc) is 2.99. The Morgan fingerprint density at radius 1 is 1.14 bits per heavy atom. The van der Waals surface area contributed by atoms with Crippen molar-refractivity contribution in [3.63, 3.8) is 0 Å². The molecule has 1 amide bonds. The Labute approximate surface area is 173 Å². The fraction of sp³-hybridized carbons (Fsp3) is 0.238. The van der Waals surface area contributed by atoms with Crippen molar-refractivity contribution in [1.29, 1.82) is 0 Å². The zero-order valence-corrected chi connectivity index (χ0v) is 17.4. The Kier molecular flexibility index (Phi) is 6.03. The van der Waals surface area contributed by atoms with Gasteiger partial charge in [0, 0.05) is 6.54 Å². The van der Waals surface area contributed by atoms with Gasteiger partial charge in [0.2, 0.25) is 5.75 Å². The van der Waals surface area contributed by atoms with Crippen molar-refractivity contribution in [2.45, 2.75) is 13.8 Å². The number of amides is 1. The Bertz CT molecular complexity index is 991. The highest BCUT2D eigenvalue weighted by Crippen LogP contribution is 2.40. The van der Waals surface area contributed by atoms with Crippen LogP contribution in [0.25, 0.3) is 6.08 Å². The highest BCUT2D eigenvalue weighted by Gasteiger charge is 2.32. The van der Waals surface area contributed by atoms with Gasteiger partial charge in [0.1, 0.15) is 11.4 Å². The monoisotopic (exact) mass is 414 g/mol. The summed E-state index contributed by atoms with van der Waals surface area (Å²) >= 11 is 1.22. The van der Waals surface area contributed by atoms with Crippen molar-refractivity contribution < 1.29 is 24.5 Å². The molecule has 0 aromatic heterocycles. The number of carbonyl (C=O) groups is 1. The molecule has 0 aliphatic carbocycles. The van der Waals surface area contributed by atoms with Gasteiger partial charge in [-0.25, -0.2) is 4.99 Å². The van der Waals surface area contributed by atoms with Crippen LogP contribution >= 0.6 is 11.8 Å². The van der Waals surface area contributed by atoms with Crippen LogP contribution in [-0.4, -0.2) is 47.0 Å². The molecule has 1 fully saturated rings. The van der Waals surface area contributed by atoms with E-state index in [1.165, 1.54) is 26.0 Å². The number of rotatable bonds is 5. The highest BCUT2D eigenvalue weighted by molar-refractivity contribution is 8.18. The molecule has 2 aromatic carbocycles. The first-order valence-corrected chi connectivity index (χ1v) is 9.74. The summed E-state index contributed by atoms with van der Waals surface area (Å²) in [4.78, 5) is 19.3. The van der Waals surface area contributed by atoms with E-state index in [2.05, 4.69) is 4.99 Å². The average molecular weight is 414 g/mol. The number of carbonyl (C=O) groups excluding carboxylic acids is 1. The Hall–Kier alpha value is -3.13. The number of aryl methyl sites for hydroxylation is 1. The number of hydrogen-bond donors (Lipinski definition) is 2. The van der Waals surface area contributed by atoms with Gasteiger partial charge in [-0.3, -0.25) is 9.69 Å². The molecule has 8 heteroatoms. The van der Waals surface area contributed by atoms with Crippen molar-refractivity contribution in [1.82, 2.24) is 4.90 Å². The SMILES string of the molecule is CCN1C(=O)/C(=C/c2cc(OC)c(O)c(OC)c2)SC1=Nc1ccc(C)cc1O. The third-order valence-electron chi connectivity index (χ3n) is 4.35. The van der Waals surface area contributed by atoms with E-state index in [9.17, 15) is 15.0 Å². The van der Waals surface area contributed by atoms with E-state index < -0.39 is 0 Å². The number of ether oxygens (including phenoxy) is 2. The number of benzene rings is 2. The van der Waals surface area contributed by atoms with E-state index in [0.29, 0.717) is 27.9 Å². The molecule has 0 unspecified atom stereocenters. The summed E-state index contributed by atoms with van der Waals surface area (Å²) in [6.45, 7) is 4.18. The van der Waals surface area contributed by atoms with Crippen molar-refractivity contribution in [3.05, 3.63) is 46.4 Å². The molecule has 3 rings (SSSR count). The molecule has 1 heterocycles. The van der Waals surface area contributed by atoms with Crippen LogP contribution in [0.2, 0.25) is 0 Å². The molecule has 1 aliphatic rings. The zero-order chi connectivity index (χ0) is 21.1. The lowest BCUT2D eigenvalue weighted by Crippen LogP contribution is -2.28. The molecule has 2 N–H and O–H groups in total. The van der Waals surface area contributed by atoms with Crippen LogP contribution in [0.3, 0.4) is 0 Å². The molecule has 0 saturated carbocycles. The highest BCUT2D eigenvalue weighted by atomic mass is 32.2. The van der Waals surface area contributed by atoms with E-state index >= 15 is 0 Å². The number of likely N-dealkylation sites (N-methyl/N-ethyl adjacent to an activating group) is 1. The summed E-state index contributed by atoms with van der Waals surface area (Å²) in [6, 6.07) is 8.44. The molecule has 1 aliphatic heterocycles. The quantitative estimate of drug-likeness (QED) is 0.718. The minimum Gasteiger partial charge on any atom is -0.506 e. The van der Waals surface area contributed by atoms with Crippen molar-refractivity contribution in [3.8, 4) is 23.0 Å². The van der Waals surface area contributed by atoms with Gasteiger partial charge in [-0.2, -0.15) is 0 Å². The lowest BCUT2D eigenvalue weighted by molar-refractivity contribution is -0.122. The number of phenols is 2. The maximum Gasteiger partial charge on any atom is 0.266 e. The van der Waals surface area contributed by atoms with Crippen LogP contribution in [0.4, 0.5) is 5.69 Å². The largest absolute Gasteiger partial charge is 0.506 e. The van der Waals surface area contributed by atoms with Crippen molar-refractivity contribution in [2.24, 2.45) is 4.99 Å². The predicted octanol–water partition coefficient (Wildman–Crippen LogP) is 4.05. The standard InChI is InChI=1S/C21H22N2O5S/c1-5-23-20(26)18(11-13-9-16(27-3)19(25)17(10-13)28-4)29-21(23)22-14-7-6-12(2)8-15(14)24/h6-11,24-25H,5H2,1-4H3/b18-11-,22-21?. The van der Waals surface area contributed by atoms with Crippen molar-refractivity contribution in [2.75, 3.05) is 20.8 Å². The Morgan fingerprint density at radius 3 is 2.34 bits per heavy atom. The van der Waals surface area contributed by atoms with E-state index in [1.54, 1.807) is 35.2 Å². The fourth-order valence-corrected chi connectivity index (χ4v) is 3.91. The van der Waals surface area contributed by atoms with Gasteiger partial charge in [0.25, 0.3) is 5.91 Å². The number of phenolic OH excluding ortho intramolecular Hbond substituents is 2. The van der Waals surface area contributed by atoms with Crippen molar-refractivity contribution >= 4 is 34.6 Å². The first-order valence-electron chi connectivity index (χ1n) is 8.92. The third kappa shape index (κ3) is 4.17. The summed E-state index contributed by atoms with van der Waals surface area (Å²) in [5.74, 6) is 0.269. The van der Waals surface area contributed by atoms with Crippen LogP contribution in [0.1, 0.15) is 18.1 Å². The minimum absolute atomic E-state index is 0.0621. The maximum absolute atomic E-state index is 12.8. The Balaban J connectivity index is 2.00. The molecule has 7 nitrogen and oxygen atoms in total. The number of hydrogen-bond acceptors (Lipinski definition) is 7. The van der Waals surface area contributed by atoms with Gasteiger partial charge < -0.3 is 19.7 Å². The van der Waals surface area contributed by atoms with Gasteiger partial charge in [-0.1, -0.05) is 6.07 Å². The number of methoxy groups -OCH3 is 2. The Morgan fingerprint density at radius 2 is 1.79 bits per heavy atom. The smallest absolute Gasteiger partial charge is 0.266 e. The molecule has 0 bridgehead atoms. The summed E-state index contributed by atoms with van der Waals surface area (Å²) in [7, 11) is 2.89. The lowest BCUT2D eigenvalue weighted by Gasteiger charge is -2.12. The molecular formula is C21H22N2O5S. The second-order valence-electron chi connectivity index (χ2n) is 6.32. The normalized spacial score (nSPS) is 16.7. The van der Waals surface area contributed by atoms with E-state index in [0.717, 1.165) is 5.56 Å². The molecule has 1 saturated heterocycles. The van der Waals surface area contributed by atoms with Crippen LogP contribution in [0.5, 0.6) is 23.0 Å². The molecule has 29 heavy (non-hydrogen) atoms. The van der Waals surface area contributed by atoms with Gasteiger partial charge in [0.15, 0.2) is 16.7 Å². The summed E-state index contributed by atoms with van der Waals surface area (Å²) in [5, 5.41) is 20.7. The number of thioether (sulfide) groups is 1. The number of amidine groups is 1. The van der Waals surface area contributed by atoms with Gasteiger partial charge in [-0.05, 0) is 67.1 Å².